The van der Waals surface area contributed by atoms with Crippen molar-refractivity contribution in [3.63, 3.8) is 0 Å². The van der Waals surface area contributed by atoms with Crippen LogP contribution < -0.4 is 10.1 Å². The molecule has 0 saturated carbocycles. The summed E-state index contributed by atoms with van der Waals surface area (Å²) in [6.45, 7) is 1.12. The van der Waals surface area contributed by atoms with E-state index in [1.165, 1.54) is 12.3 Å². The molecule has 0 unspecified atom stereocenters. The van der Waals surface area contributed by atoms with E-state index in [0.717, 1.165) is 19.4 Å². The third-order valence-electron chi connectivity index (χ3n) is 4.09. The second-order valence-electron chi connectivity index (χ2n) is 5.95. The lowest BCUT2D eigenvalue weighted by atomic mass is 10.2. The number of aromatic nitrogens is 5. The highest BCUT2D eigenvalue weighted by molar-refractivity contribution is 6.05. The number of carbonyl (C=O) groups excluding carboxylic acids is 1. The molecule has 9 heteroatoms. The van der Waals surface area contributed by atoms with Gasteiger partial charge in [-0.3, -0.25) is 4.79 Å². The molecule has 0 saturated heterocycles. The molecule has 3 aromatic rings. The number of amides is 1. The number of fused-ring (bicyclic) bond motifs is 5. The first-order valence-electron chi connectivity index (χ1n) is 8.44. The minimum Gasteiger partial charge on any atom is -0.477 e. The molecule has 0 aromatic carbocycles. The number of pyridine rings is 2. The summed E-state index contributed by atoms with van der Waals surface area (Å²) in [4.78, 5) is 21.3. The quantitative estimate of drug-likeness (QED) is 0.650. The fraction of sp³-hybridized carbons (Fsp3) is 0.222. The van der Waals surface area contributed by atoms with Gasteiger partial charge in [0.05, 0.1) is 12.2 Å². The number of nitrogens with one attached hydrogen (secondary N) is 1. The van der Waals surface area contributed by atoms with Gasteiger partial charge in [0.2, 0.25) is 5.88 Å². The van der Waals surface area contributed by atoms with Crippen molar-refractivity contribution in [3.8, 4) is 23.5 Å². The van der Waals surface area contributed by atoms with Crippen molar-refractivity contribution in [2.75, 3.05) is 11.9 Å². The van der Waals surface area contributed by atoms with Crippen LogP contribution in [0, 0.1) is 11.3 Å². The Bertz CT molecular complexity index is 1040. The van der Waals surface area contributed by atoms with Crippen LogP contribution in [-0.4, -0.2) is 37.2 Å². The predicted octanol–water partition coefficient (Wildman–Crippen LogP) is 2.03. The zero-order valence-corrected chi connectivity index (χ0v) is 14.3. The number of ether oxygens (including phenoxy) is 1. The first-order valence-corrected chi connectivity index (χ1v) is 8.44. The average molecular weight is 361 g/mol. The summed E-state index contributed by atoms with van der Waals surface area (Å²) in [5.74, 6) is 0.748. The van der Waals surface area contributed by atoms with Crippen molar-refractivity contribution in [2.45, 2.75) is 19.4 Å². The Morgan fingerprint density at radius 1 is 1.30 bits per heavy atom. The SMILES string of the molecule is N#Cc1cnc2c(c1)C(=O)Nc1cccc(n1)-c1nncn1CCCCO2. The topological polar surface area (TPSA) is 119 Å². The molecule has 27 heavy (non-hydrogen) atoms. The van der Waals surface area contributed by atoms with E-state index in [1.54, 1.807) is 18.5 Å². The van der Waals surface area contributed by atoms with Crippen LogP contribution in [0.25, 0.3) is 11.5 Å². The van der Waals surface area contributed by atoms with Crippen LogP contribution in [0.1, 0.15) is 28.8 Å². The minimum absolute atomic E-state index is 0.196. The molecular formula is C18H15N7O2. The van der Waals surface area contributed by atoms with Gasteiger partial charge in [-0.25, -0.2) is 9.97 Å². The number of carbonyl (C=O) groups is 1. The molecule has 0 spiro atoms. The first kappa shape index (κ1) is 16.7. The molecular weight excluding hydrogens is 346 g/mol. The van der Waals surface area contributed by atoms with Crippen LogP contribution in [0.2, 0.25) is 0 Å². The summed E-state index contributed by atoms with van der Waals surface area (Å²) in [6, 6.07) is 8.72. The Morgan fingerprint density at radius 3 is 3.11 bits per heavy atom. The summed E-state index contributed by atoms with van der Waals surface area (Å²) in [5, 5.41) is 19.9. The lowest BCUT2D eigenvalue weighted by molar-refractivity contribution is 0.102. The third kappa shape index (κ3) is 3.46. The predicted molar refractivity (Wildman–Crippen MR) is 94.9 cm³/mol. The molecule has 0 fully saturated rings. The molecule has 134 valence electrons. The summed E-state index contributed by atoms with van der Waals surface area (Å²) in [6.07, 6.45) is 4.64. The fourth-order valence-electron chi connectivity index (χ4n) is 2.77. The lowest BCUT2D eigenvalue weighted by Crippen LogP contribution is -2.17. The van der Waals surface area contributed by atoms with Gasteiger partial charge in [0.1, 0.15) is 29.5 Å². The molecule has 4 rings (SSSR count). The largest absolute Gasteiger partial charge is 0.477 e. The van der Waals surface area contributed by atoms with E-state index in [9.17, 15) is 4.79 Å². The average Bonchev–Trinajstić information content (AvgIpc) is 3.16. The van der Waals surface area contributed by atoms with E-state index in [-0.39, 0.29) is 17.0 Å². The second kappa shape index (κ2) is 7.21. The molecule has 0 aliphatic carbocycles. The monoisotopic (exact) mass is 361 g/mol. The number of nitrogens with zero attached hydrogens (tertiary/aromatic N) is 6. The maximum absolute atomic E-state index is 12.7. The minimum atomic E-state index is -0.447. The van der Waals surface area contributed by atoms with Crippen LogP contribution in [0.5, 0.6) is 5.88 Å². The summed E-state index contributed by atoms with van der Waals surface area (Å²) >= 11 is 0. The third-order valence-corrected chi connectivity index (χ3v) is 4.09. The van der Waals surface area contributed by atoms with E-state index in [2.05, 4.69) is 25.5 Å². The zero-order chi connectivity index (χ0) is 18.6. The van der Waals surface area contributed by atoms with Crippen molar-refractivity contribution in [2.24, 2.45) is 0 Å². The van der Waals surface area contributed by atoms with E-state index >= 15 is 0 Å². The Labute approximate surface area is 154 Å². The Kier molecular flexibility index (Phi) is 4.45. The number of aryl methyl sites for hydroxylation is 1. The Morgan fingerprint density at radius 2 is 2.22 bits per heavy atom. The summed E-state index contributed by atoms with van der Waals surface area (Å²) in [5.41, 5.74) is 1.09. The maximum Gasteiger partial charge on any atom is 0.262 e. The van der Waals surface area contributed by atoms with Crippen LogP contribution in [0.3, 0.4) is 0 Å². The molecule has 0 atom stereocenters. The van der Waals surface area contributed by atoms with Gasteiger partial charge in [0.15, 0.2) is 5.82 Å². The van der Waals surface area contributed by atoms with Gasteiger partial charge in [-0.2, -0.15) is 5.26 Å². The molecule has 1 aliphatic rings. The Hall–Kier alpha value is -3.80. The van der Waals surface area contributed by atoms with Crippen molar-refractivity contribution in [1.29, 1.82) is 5.26 Å². The number of rotatable bonds is 0. The van der Waals surface area contributed by atoms with Gasteiger partial charge >= 0.3 is 0 Å². The van der Waals surface area contributed by atoms with E-state index in [1.807, 2.05) is 16.7 Å². The molecule has 1 amide bonds. The van der Waals surface area contributed by atoms with Crippen LogP contribution >= 0.6 is 0 Å². The number of hydrogen-bond acceptors (Lipinski definition) is 7. The van der Waals surface area contributed by atoms with Crippen molar-refractivity contribution >= 4 is 11.7 Å². The highest BCUT2D eigenvalue weighted by atomic mass is 16.5. The van der Waals surface area contributed by atoms with Gasteiger partial charge in [0.25, 0.3) is 5.91 Å². The van der Waals surface area contributed by atoms with Gasteiger partial charge < -0.3 is 14.6 Å². The lowest BCUT2D eigenvalue weighted by Gasteiger charge is -2.13. The van der Waals surface area contributed by atoms with E-state index < -0.39 is 5.91 Å². The number of anilines is 1. The van der Waals surface area contributed by atoms with Crippen molar-refractivity contribution < 1.29 is 9.53 Å². The number of hydrogen-bond donors (Lipinski definition) is 1. The van der Waals surface area contributed by atoms with Crippen LogP contribution in [-0.2, 0) is 6.54 Å². The van der Waals surface area contributed by atoms with Crippen LogP contribution in [0.4, 0.5) is 5.82 Å². The summed E-state index contributed by atoms with van der Waals surface area (Å²) in [7, 11) is 0. The van der Waals surface area contributed by atoms with Gasteiger partial charge in [0, 0.05) is 12.7 Å². The Balaban J connectivity index is 1.75. The summed E-state index contributed by atoms with van der Waals surface area (Å²) < 4.78 is 7.61. The van der Waals surface area contributed by atoms with Crippen molar-refractivity contribution in [3.05, 3.63) is 47.9 Å². The molecule has 4 heterocycles. The van der Waals surface area contributed by atoms with Crippen molar-refractivity contribution in [1.82, 2.24) is 24.7 Å². The molecule has 9 nitrogen and oxygen atoms in total. The first-order chi connectivity index (χ1) is 13.2. The molecule has 1 N–H and O–H groups in total. The van der Waals surface area contributed by atoms with E-state index in [4.69, 9.17) is 10.00 Å². The fourth-order valence-corrected chi connectivity index (χ4v) is 2.77. The van der Waals surface area contributed by atoms with Gasteiger partial charge in [-0.15, -0.1) is 10.2 Å². The smallest absolute Gasteiger partial charge is 0.262 e. The zero-order valence-electron chi connectivity index (χ0n) is 14.3. The van der Waals surface area contributed by atoms with Gasteiger partial charge in [-0.1, -0.05) is 6.07 Å². The van der Waals surface area contributed by atoms with Crippen LogP contribution in [0.15, 0.2) is 36.8 Å². The molecule has 3 aromatic heterocycles. The van der Waals surface area contributed by atoms with E-state index in [0.29, 0.717) is 23.9 Å². The maximum atomic E-state index is 12.7. The highest BCUT2D eigenvalue weighted by Crippen LogP contribution is 2.21. The second-order valence-corrected chi connectivity index (χ2v) is 5.95. The van der Waals surface area contributed by atoms with Gasteiger partial charge in [-0.05, 0) is 31.0 Å². The normalized spacial score (nSPS) is 14.0. The molecule has 2 bridgehead atoms. The number of nitriles is 1. The molecule has 1 aliphatic heterocycles. The standard InChI is InChI=1S/C18H15N7O2/c19-9-12-8-13-17(26)23-15-5-3-4-14(22-15)16-24-21-11-25(16)6-1-2-7-27-18(13)20-10-12/h3-5,8,10-11H,1-2,6-7H2,(H,22,23,26). The highest BCUT2D eigenvalue weighted by Gasteiger charge is 2.18. The molecule has 0 radical (unpaired) electrons.